The molecule has 4 heteroatoms. The molecule has 0 amide bonds. The second kappa shape index (κ2) is 6.69. The SMILES string of the molecule is CC(C)(C)c1ccc(CCCC(=O)c2ccnc(N)n2)cc1. The van der Waals surface area contributed by atoms with Crippen molar-refractivity contribution in [2.45, 2.75) is 45.4 Å². The zero-order valence-electron chi connectivity index (χ0n) is 13.5. The van der Waals surface area contributed by atoms with Gasteiger partial charge < -0.3 is 5.73 Å². The number of nitrogen functional groups attached to an aromatic ring is 1. The summed E-state index contributed by atoms with van der Waals surface area (Å²) in [5.41, 5.74) is 8.63. The largest absolute Gasteiger partial charge is 0.368 e. The molecule has 0 radical (unpaired) electrons. The van der Waals surface area contributed by atoms with E-state index in [0.717, 1.165) is 12.8 Å². The number of aromatic nitrogens is 2. The number of aryl methyl sites for hydroxylation is 1. The number of hydrogen-bond acceptors (Lipinski definition) is 4. The van der Waals surface area contributed by atoms with Gasteiger partial charge in [-0.1, -0.05) is 45.0 Å². The third kappa shape index (κ3) is 4.38. The highest BCUT2D eigenvalue weighted by molar-refractivity contribution is 5.94. The number of Topliss-reactive ketones (excluding diaryl/α,β-unsaturated/α-hetero) is 1. The first-order valence-corrected chi connectivity index (χ1v) is 7.57. The predicted molar refractivity (Wildman–Crippen MR) is 88.9 cm³/mol. The van der Waals surface area contributed by atoms with Gasteiger partial charge in [-0.05, 0) is 35.4 Å². The first-order chi connectivity index (χ1) is 10.4. The molecule has 2 N–H and O–H groups in total. The van der Waals surface area contributed by atoms with Crippen molar-refractivity contribution in [2.24, 2.45) is 0 Å². The molecule has 0 atom stereocenters. The molecule has 4 nitrogen and oxygen atoms in total. The molecule has 116 valence electrons. The summed E-state index contributed by atoms with van der Waals surface area (Å²) >= 11 is 0. The molecule has 2 aromatic rings. The second-order valence-corrected chi connectivity index (χ2v) is 6.52. The molecular formula is C18H23N3O. The maximum atomic E-state index is 12.0. The lowest BCUT2D eigenvalue weighted by molar-refractivity contribution is 0.0975. The number of nitrogens with two attached hydrogens (primary N) is 1. The van der Waals surface area contributed by atoms with Crippen LogP contribution in [0.1, 0.15) is 55.2 Å². The number of anilines is 1. The maximum absolute atomic E-state index is 12.0. The Morgan fingerprint density at radius 2 is 1.82 bits per heavy atom. The van der Waals surface area contributed by atoms with Crippen LogP contribution in [0.2, 0.25) is 0 Å². The number of benzene rings is 1. The van der Waals surface area contributed by atoms with E-state index in [9.17, 15) is 4.79 Å². The second-order valence-electron chi connectivity index (χ2n) is 6.52. The molecule has 2 rings (SSSR count). The highest BCUT2D eigenvalue weighted by Gasteiger charge is 2.13. The Bertz CT molecular complexity index is 642. The minimum Gasteiger partial charge on any atom is -0.368 e. The minimum atomic E-state index is 0.0143. The van der Waals surface area contributed by atoms with Crippen LogP contribution < -0.4 is 5.73 Å². The van der Waals surface area contributed by atoms with E-state index in [0.29, 0.717) is 12.1 Å². The van der Waals surface area contributed by atoms with Crippen LogP contribution in [-0.2, 0) is 11.8 Å². The van der Waals surface area contributed by atoms with Crippen LogP contribution in [0.5, 0.6) is 0 Å². The van der Waals surface area contributed by atoms with Crippen LogP contribution in [0.15, 0.2) is 36.5 Å². The molecule has 1 aromatic carbocycles. The van der Waals surface area contributed by atoms with E-state index in [4.69, 9.17) is 5.73 Å². The third-order valence-corrected chi connectivity index (χ3v) is 3.65. The van der Waals surface area contributed by atoms with Crippen molar-refractivity contribution < 1.29 is 4.79 Å². The zero-order valence-corrected chi connectivity index (χ0v) is 13.5. The molecule has 0 fully saturated rings. The number of carbonyl (C=O) groups excluding carboxylic acids is 1. The molecule has 0 saturated heterocycles. The van der Waals surface area contributed by atoms with E-state index >= 15 is 0 Å². The first-order valence-electron chi connectivity index (χ1n) is 7.57. The maximum Gasteiger partial charge on any atom is 0.220 e. The fourth-order valence-corrected chi connectivity index (χ4v) is 2.28. The molecule has 0 unspecified atom stereocenters. The normalized spacial score (nSPS) is 11.4. The van der Waals surface area contributed by atoms with Gasteiger partial charge in [-0.2, -0.15) is 0 Å². The highest BCUT2D eigenvalue weighted by atomic mass is 16.1. The number of ketones is 1. The van der Waals surface area contributed by atoms with Crippen molar-refractivity contribution in [1.82, 2.24) is 9.97 Å². The monoisotopic (exact) mass is 297 g/mol. The lowest BCUT2D eigenvalue weighted by atomic mass is 9.86. The Kier molecular flexibility index (Phi) is 4.91. The number of carbonyl (C=O) groups is 1. The van der Waals surface area contributed by atoms with Gasteiger partial charge in [0.05, 0.1) is 0 Å². The third-order valence-electron chi connectivity index (χ3n) is 3.65. The van der Waals surface area contributed by atoms with E-state index in [1.54, 1.807) is 6.07 Å². The summed E-state index contributed by atoms with van der Waals surface area (Å²) in [7, 11) is 0. The Labute approximate surface area is 131 Å². The van der Waals surface area contributed by atoms with Crippen LogP contribution in [0.4, 0.5) is 5.95 Å². The summed E-state index contributed by atoms with van der Waals surface area (Å²) in [5, 5.41) is 0. The Morgan fingerprint density at radius 3 is 2.41 bits per heavy atom. The predicted octanol–water partition coefficient (Wildman–Crippen LogP) is 3.56. The zero-order chi connectivity index (χ0) is 16.2. The lowest BCUT2D eigenvalue weighted by Crippen LogP contribution is -2.10. The molecule has 0 saturated carbocycles. The van der Waals surface area contributed by atoms with Crippen molar-refractivity contribution in [3.05, 3.63) is 53.3 Å². The van der Waals surface area contributed by atoms with Crippen molar-refractivity contribution in [3.8, 4) is 0 Å². The van der Waals surface area contributed by atoms with Gasteiger partial charge in [-0.3, -0.25) is 4.79 Å². The van der Waals surface area contributed by atoms with Gasteiger partial charge in [-0.25, -0.2) is 9.97 Å². The van der Waals surface area contributed by atoms with E-state index in [1.165, 1.54) is 17.3 Å². The number of rotatable bonds is 5. The van der Waals surface area contributed by atoms with Gasteiger partial charge in [0.25, 0.3) is 0 Å². The summed E-state index contributed by atoms with van der Waals surface area (Å²) < 4.78 is 0. The summed E-state index contributed by atoms with van der Waals surface area (Å²) in [4.78, 5) is 19.8. The Balaban J connectivity index is 1.87. The van der Waals surface area contributed by atoms with E-state index < -0.39 is 0 Å². The van der Waals surface area contributed by atoms with Crippen LogP contribution in [-0.4, -0.2) is 15.8 Å². The average molecular weight is 297 g/mol. The summed E-state index contributed by atoms with van der Waals surface area (Å²) in [6.45, 7) is 6.61. The summed E-state index contributed by atoms with van der Waals surface area (Å²) in [5.74, 6) is 0.157. The highest BCUT2D eigenvalue weighted by Crippen LogP contribution is 2.22. The first kappa shape index (κ1) is 16.1. The lowest BCUT2D eigenvalue weighted by Gasteiger charge is -2.19. The van der Waals surface area contributed by atoms with Crippen molar-refractivity contribution in [2.75, 3.05) is 5.73 Å². The summed E-state index contributed by atoms with van der Waals surface area (Å²) in [6, 6.07) is 10.2. The number of hydrogen-bond donors (Lipinski definition) is 1. The molecule has 1 heterocycles. The van der Waals surface area contributed by atoms with Gasteiger partial charge in [-0.15, -0.1) is 0 Å². The smallest absolute Gasteiger partial charge is 0.220 e. The van der Waals surface area contributed by atoms with Gasteiger partial charge in [0.2, 0.25) is 5.95 Å². The molecule has 0 aliphatic rings. The summed E-state index contributed by atoms with van der Waals surface area (Å²) in [6.07, 6.45) is 3.67. The van der Waals surface area contributed by atoms with Crippen LogP contribution in [0.3, 0.4) is 0 Å². The van der Waals surface area contributed by atoms with E-state index in [-0.39, 0.29) is 17.1 Å². The van der Waals surface area contributed by atoms with Crippen molar-refractivity contribution in [1.29, 1.82) is 0 Å². The van der Waals surface area contributed by atoms with Gasteiger partial charge >= 0.3 is 0 Å². The van der Waals surface area contributed by atoms with Crippen LogP contribution >= 0.6 is 0 Å². The molecule has 0 bridgehead atoms. The van der Waals surface area contributed by atoms with Gasteiger partial charge in [0, 0.05) is 12.6 Å². The molecular weight excluding hydrogens is 274 g/mol. The van der Waals surface area contributed by atoms with E-state index in [1.807, 2.05) is 0 Å². The van der Waals surface area contributed by atoms with Gasteiger partial charge in [0.1, 0.15) is 5.69 Å². The van der Waals surface area contributed by atoms with Crippen LogP contribution in [0, 0.1) is 0 Å². The van der Waals surface area contributed by atoms with Crippen molar-refractivity contribution >= 4 is 11.7 Å². The van der Waals surface area contributed by atoms with E-state index in [2.05, 4.69) is 55.0 Å². The molecule has 0 aliphatic heterocycles. The fourth-order valence-electron chi connectivity index (χ4n) is 2.28. The van der Waals surface area contributed by atoms with Crippen molar-refractivity contribution in [3.63, 3.8) is 0 Å². The van der Waals surface area contributed by atoms with Gasteiger partial charge in [0.15, 0.2) is 5.78 Å². The topological polar surface area (TPSA) is 68.9 Å². The fraction of sp³-hybridized carbons (Fsp3) is 0.389. The average Bonchev–Trinajstić information content (AvgIpc) is 2.47. The standard InChI is InChI=1S/C18H23N3O/c1-18(2,3)14-9-7-13(8-10-14)5-4-6-16(22)15-11-12-20-17(19)21-15/h7-12H,4-6H2,1-3H3,(H2,19,20,21). The Morgan fingerprint density at radius 1 is 1.14 bits per heavy atom. The molecule has 0 aliphatic carbocycles. The van der Waals surface area contributed by atoms with Crippen LogP contribution in [0.25, 0.3) is 0 Å². The quantitative estimate of drug-likeness (QED) is 0.857. The Hall–Kier alpha value is -2.23. The molecule has 0 spiro atoms. The molecule has 22 heavy (non-hydrogen) atoms. The minimum absolute atomic E-state index is 0.0143. The molecule has 1 aromatic heterocycles. The number of nitrogens with zero attached hydrogens (tertiary/aromatic N) is 2.